The van der Waals surface area contributed by atoms with E-state index < -0.39 is 78.0 Å². The van der Waals surface area contributed by atoms with Gasteiger partial charge < -0.3 is 36.8 Å². The maximum absolute atomic E-state index is 13.0. The van der Waals surface area contributed by atoms with Crippen molar-refractivity contribution >= 4 is 41.3 Å². The molecular weight excluding hydrogens is 550 g/mol. The van der Waals surface area contributed by atoms with Crippen molar-refractivity contribution in [2.75, 3.05) is 6.54 Å². The summed E-state index contributed by atoms with van der Waals surface area (Å²) >= 11 is 0. The van der Waals surface area contributed by atoms with Gasteiger partial charge in [-0.1, -0.05) is 50.6 Å². The molecule has 0 fully saturated rings. The number of amides is 5. The molecule has 0 radical (unpaired) electrons. The lowest BCUT2D eigenvalue weighted by atomic mass is 9.97. The number of aliphatic hydroxyl groups excluding tert-OH is 1. The van der Waals surface area contributed by atoms with E-state index in [1.165, 1.54) is 20.8 Å². The predicted octanol–water partition coefficient (Wildman–Crippen LogP) is -1.20. The zero-order valence-corrected chi connectivity index (χ0v) is 24.4. The Kier molecular flexibility index (Phi) is 14.9. The molecule has 0 aliphatic heterocycles. The Bertz CT molecular complexity index is 1130. The van der Waals surface area contributed by atoms with E-state index in [4.69, 9.17) is 5.11 Å². The summed E-state index contributed by atoms with van der Waals surface area (Å²) in [6, 6.07) is 3.47. The summed E-state index contributed by atoms with van der Waals surface area (Å²) in [6.45, 7) is 7.10. The molecule has 1 rings (SSSR count). The van der Waals surface area contributed by atoms with Crippen molar-refractivity contribution in [3.8, 4) is 0 Å². The van der Waals surface area contributed by atoms with Crippen LogP contribution in [-0.4, -0.2) is 88.3 Å². The highest BCUT2D eigenvalue weighted by Crippen LogP contribution is 2.09. The van der Waals surface area contributed by atoms with Crippen molar-refractivity contribution in [3.05, 3.63) is 35.9 Å². The number of carbonyl (C=O) groups is 7. The summed E-state index contributed by atoms with van der Waals surface area (Å²) in [5.74, 6) is -6.42. The predicted molar refractivity (Wildman–Crippen MR) is 151 cm³/mol. The fourth-order valence-corrected chi connectivity index (χ4v) is 3.82. The molecule has 0 heterocycles. The number of rotatable bonds is 17. The molecule has 0 aliphatic carbocycles. The first-order valence-electron chi connectivity index (χ1n) is 13.6. The molecule has 0 saturated heterocycles. The van der Waals surface area contributed by atoms with Crippen LogP contribution in [0, 0.1) is 5.92 Å². The molecule has 0 aliphatic rings. The smallest absolute Gasteiger partial charge is 0.305 e. The normalized spacial score (nSPS) is 15.0. The molecule has 0 bridgehead atoms. The van der Waals surface area contributed by atoms with Crippen LogP contribution in [0.1, 0.15) is 53.0 Å². The topological polar surface area (TPSA) is 220 Å². The second kappa shape index (κ2) is 17.5. The fourth-order valence-electron chi connectivity index (χ4n) is 3.82. The van der Waals surface area contributed by atoms with Crippen LogP contribution in [0.3, 0.4) is 0 Å². The highest BCUT2D eigenvalue weighted by atomic mass is 16.4. The lowest BCUT2D eigenvalue weighted by Gasteiger charge is -2.28. The van der Waals surface area contributed by atoms with Crippen LogP contribution in [0.15, 0.2) is 30.3 Å². The molecule has 232 valence electrons. The van der Waals surface area contributed by atoms with Crippen LogP contribution in [0.5, 0.6) is 0 Å². The Morgan fingerprint density at radius 3 is 1.93 bits per heavy atom. The molecule has 7 N–H and O–H groups in total. The Balaban J connectivity index is 3.00. The molecule has 14 heteroatoms. The van der Waals surface area contributed by atoms with Crippen molar-refractivity contribution in [2.24, 2.45) is 5.92 Å². The second-order valence-corrected chi connectivity index (χ2v) is 10.0. The van der Waals surface area contributed by atoms with Crippen molar-refractivity contribution < 1.29 is 43.8 Å². The van der Waals surface area contributed by atoms with Gasteiger partial charge in [-0.3, -0.25) is 33.6 Å². The van der Waals surface area contributed by atoms with Crippen molar-refractivity contribution in [1.82, 2.24) is 26.6 Å². The van der Waals surface area contributed by atoms with Gasteiger partial charge in [0.15, 0.2) is 0 Å². The van der Waals surface area contributed by atoms with Gasteiger partial charge in [0.1, 0.15) is 24.2 Å². The van der Waals surface area contributed by atoms with E-state index in [1.54, 1.807) is 37.3 Å². The molecule has 6 atom stereocenters. The average Bonchev–Trinajstić information content (AvgIpc) is 2.92. The van der Waals surface area contributed by atoms with E-state index in [2.05, 4.69) is 26.6 Å². The van der Waals surface area contributed by atoms with Gasteiger partial charge in [0, 0.05) is 19.9 Å². The molecule has 14 nitrogen and oxygen atoms in total. The van der Waals surface area contributed by atoms with Crippen molar-refractivity contribution in [2.45, 2.75) is 84.2 Å². The van der Waals surface area contributed by atoms with Crippen LogP contribution in [0.25, 0.3) is 0 Å². The molecule has 1 aromatic carbocycles. The minimum absolute atomic E-state index is 0.0645. The lowest BCUT2D eigenvalue weighted by molar-refractivity contribution is -0.141. The largest absolute Gasteiger partial charge is 0.481 e. The Hall–Kier alpha value is -4.33. The number of hydrogen-bond donors (Lipinski definition) is 7. The third-order valence-corrected chi connectivity index (χ3v) is 6.43. The van der Waals surface area contributed by atoms with Gasteiger partial charge in [-0.2, -0.15) is 0 Å². The van der Waals surface area contributed by atoms with Crippen molar-refractivity contribution in [1.29, 1.82) is 0 Å². The number of hydrogen-bond acceptors (Lipinski definition) is 8. The minimum atomic E-state index is -1.48. The van der Waals surface area contributed by atoms with Gasteiger partial charge in [-0.05, 0) is 25.3 Å². The SMILES string of the molecule is CC[C@@H](C)[C@H](NC(C)=O)C(=O)N[C@H](C(=O)N[C@@H](C)C(=O)NC(Cc1ccccc1)C(=O)C(=O)NCCC(=O)O)[C@@H](C)O. The number of aliphatic carboxylic acids is 1. The van der Waals surface area contributed by atoms with Gasteiger partial charge in [0.05, 0.1) is 12.5 Å². The summed E-state index contributed by atoms with van der Waals surface area (Å²) in [4.78, 5) is 86.4. The number of nitrogens with one attached hydrogen (secondary N) is 5. The van der Waals surface area contributed by atoms with E-state index in [0.29, 0.717) is 12.0 Å². The summed E-state index contributed by atoms with van der Waals surface area (Å²) in [5, 5.41) is 30.9. The second-order valence-electron chi connectivity index (χ2n) is 10.0. The molecule has 0 saturated carbocycles. The lowest BCUT2D eigenvalue weighted by Crippen LogP contribution is -2.60. The van der Waals surface area contributed by atoms with E-state index >= 15 is 0 Å². The van der Waals surface area contributed by atoms with Crippen LogP contribution in [0.2, 0.25) is 0 Å². The van der Waals surface area contributed by atoms with Gasteiger partial charge in [0.25, 0.3) is 5.91 Å². The number of carboxylic acid groups (broad SMARTS) is 1. The number of carbonyl (C=O) groups excluding carboxylic acids is 6. The summed E-state index contributed by atoms with van der Waals surface area (Å²) in [5.41, 5.74) is 0.623. The molecule has 5 amide bonds. The highest BCUT2D eigenvalue weighted by Gasteiger charge is 2.34. The van der Waals surface area contributed by atoms with Gasteiger partial charge in [0.2, 0.25) is 29.4 Å². The third-order valence-electron chi connectivity index (χ3n) is 6.43. The average molecular weight is 592 g/mol. The minimum Gasteiger partial charge on any atom is -0.481 e. The van der Waals surface area contributed by atoms with Crippen LogP contribution < -0.4 is 26.6 Å². The number of benzene rings is 1. The maximum atomic E-state index is 13.0. The maximum Gasteiger partial charge on any atom is 0.305 e. The third kappa shape index (κ3) is 12.0. The first-order chi connectivity index (χ1) is 19.7. The molecule has 0 aromatic heterocycles. The molecule has 42 heavy (non-hydrogen) atoms. The van der Waals surface area contributed by atoms with Gasteiger partial charge >= 0.3 is 5.97 Å². The number of Topliss-reactive ketones (excluding diaryl/α,β-unsaturated/α-hetero) is 1. The molecule has 1 unspecified atom stereocenters. The number of carboxylic acids is 1. The van der Waals surface area contributed by atoms with Crippen LogP contribution in [0.4, 0.5) is 0 Å². The van der Waals surface area contributed by atoms with E-state index in [-0.39, 0.29) is 18.9 Å². The highest BCUT2D eigenvalue weighted by molar-refractivity contribution is 6.38. The number of ketones is 1. The van der Waals surface area contributed by atoms with E-state index in [9.17, 15) is 38.7 Å². The quantitative estimate of drug-likeness (QED) is 0.108. The Labute approximate surface area is 244 Å². The first kappa shape index (κ1) is 35.7. The van der Waals surface area contributed by atoms with E-state index in [1.807, 2.05) is 6.92 Å². The summed E-state index contributed by atoms with van der Waals surface area (Å²) in [7, 11) is 0. The van der Waals surface area contributed by atoms with Crippen molar-refractivity contribution in [3.63, 3.8) is 0 Å². The van der Waals surface area contributed by atoms with E-state index in [0.717, 1.165) is 0 Å². The van der Waals surface area contributed by atoms with Gasteiger partial charge in [-0.25, -0.2) is 0 Å². The first-order valence-corrected chi connectivity index (χ1v) is 13.6. The molecular formula is C28H41N5O9. The zero-order chi connectivity index (χ0) is 32.0. The fraction of sp³-hybridized carbons (Fsp3) is 0.536. The molecule has 1 aromatic rings. The zero-order valence-electron chi connectivity index (χ0n) is 24.4. The van der Waals surface area contributed by atoms with Gasteiger partial charge in [-0.15, -0.1) is 0 Å². The van der Waals surface area contributed by atoms with Crippen LogP contribution in [-0.2, 0) is 40.0 Å². The Morgan fingerprint density at radius 2 is 1.40 bits per heavy atom. The summed E-state index contributed by atoms with van der Waals surface area (Å²) < 4.78 is 0. The summed E-state index contributed by atoms with van der Waals surface area (Å²) in [6.07, 6.45) is -1.30. The Morgan fingerprint density at radius 1 is 0.810 bits per heavy atom. The standard InChI is InChI=1S/C28H41N5O9/c1-6-15(2)22(31-18(5)35)26(40)33-23(17(4)34)27(41)30-16(3)25(39)32-20(14-19-10-8-7-9-11-19)24(38)28(42)29-13-12-21(36)37/h7-11,15-17,20,22-23,34H,6,12-14H2,1-5H3,(H,29,42)(H,30,41)(H,31,35)(H,32,39)(H,33,40)(H,36,37)/t15-,16+,17-,20?,22+,23+/m1/s1. The number of aliphatic hydroxyl groups is 1. The molecule has 0 spiro atoms. The monoisotopic (exact) mass is 591 g/mol. The van der Waals surface area contributed by atoms with Crippen LogP contribution >= 0.6 is 0 Å².